The topological polar surface area (TPSA) is 117 Å². The minimum atomic E-state index is -0.186. The maximum atomic E-state index is 12.5. The number of nitrogens with zero attached hydrogens (tertiary/aromatic N) is 1. The normalized spacial score (nSPS) is 16.8. The van der Waals surface area contributed by atoms with E-state index >= 15 is 0 Å². The van der Waals surface area contributed by atoms with Crippen LogP contribution in [0, 0.1) is 11.8 Å². The van der Waals surface area contributed by atoms with E-state index < -0.39 is 0 Å². The highest BCUT2D eigenvalue weighted by atomic mass is 16.5. The molecule has 2 atom stereocenters. The van der Waals surface area contributed by atoms with Crippen molar-refractivity contribution in [3.05, 3.63) is 71.8 Å². The Hall–Kier alpha value is -4.90. The molecule has 0 bridgehead atoms. The molecule has 11 nitrogen and oxygen atoms in total. The van der Waals surface area contributed by atoms with Crippen molar-refractivity contribution in [2.24, 2.45) is 11.8 Å². The average molecular weight is 636 g/mol. The van der Waals surface area contributed by atoms with Gasteiger partial charge in [0, 0.05) is 38.3 Å². The number of amides is 2. The van der Waals surface area contributed by atoms with Crippen LogP contribution in [0.15, 0.2) is 60.7 Å². The zero-order valence-electron chi connectivity index (χ0n) is 27.6. The molecule has 2 N–H and O–H groups in total. The van der Waals surface area contributed by atoms with E-state index in [1.165, 1.54) is 12.2 Å². The average Bonchev–Trinajstić information content (AvgIpc) is 3.44. The molecule has 248 valence electrons. The Kier molecular flexibility index (Phi) is 14.0. The van der Waals surface area contributed by atoms with Crippen molar-refractivity contribution < 1.29 is 38.0 Å². The van der Waals surface area contributed by atoms with Crippen molar-refractivity contribution >= 4 is 24.0 Å². The Morgan fingerprint density at radius 2 is 0.978 bits per heavy atom. The zero-order chi connectivity index (χ0) is 33.5. The molecular formula is C35H45N3O8. The summed E-state index contributed by atoms with van der Waals surface area (Å²) in [7, 11) is 11.4. The standard InChI is InChI=1S/C35H45N3O8/c1-38-22-26(20-36-32(39)14-10-8-12-24-16-28(41-2)34(45-6)29(17-24)42-3)27(23-38)21-37-33(40)15-11-9-13-25-18-30(43-4)35(46-7)31(19-25)44-5/h8-19,26-27H,20-23H2,1-7H3,(H,36,39)(H,37,40)/b12-8+,13-9+,14-10+,15-11+/t26-,27?/m1/s1. The summed E-state index contributed by atoms with van der Waals surface area (Å²) in [5.41, 5.74) is 1.67. The van der Waals surface area contributed by atoms with Crippen LogP contribution in [0.5, 0.6) is 34.5 Å². The summed E-state index contributed by atoms with van der Waals surface area (Å²) in [5, 5.41) is 5.98. The van der Waals surface area contributed by atoms with Crippen LogP contribution in [0.4, 0.5) is 0 Å². The number of likely N-dealkylation sites (tertiary alicyclic amines) is 1. The first-order valence-electron chi connectivity index (χ1n) is 14.8. The molecule has 0 aromatic heterocycles. The summed E-state index contributed by atoms with van der Waals surface area (Å²) in [5.74, 6) is 3.29. The SMILES string of the molecule is COc1cc(/C=C/C=C/C(=O)NCC2CN(C)C[C@H]2CNC(=O)/C=C/C=C/c2cc(OC)c(OC)c(OC)c2)cc(OC)c1OC. The maximum absolute atomic E-state index is 12.5. The predicted octanol–water partition coefficient (Wildman–Crippen LogP) is 3.99. The van der Waals surface area contributed by atoms with Crippen LogP contribution >= 0.6 is 0 Å². The summed E-state index contributed by atoms with van der Waals surface area (Å²) in [4.78, 5) is 27.2. The van der Waals surface area contributed by atoms with E-state index in [2.05, 4.69) is 15.5 Å². The molecule has 2 amide bonds. The van der Waals surface area contributed by atoms with Gasteiger partial charge in [-0.25, -0.2) is 0 Å². The summed E-state index contributed by atoms with van der Waals surface area (Å²) in [6, 6.07) is 7.30. The fourth-order valence-corrected chi connectivity index (χ4v) is 5.23. The van der Waals surface area contributed by atoms with Gasteiger partial charge in [-0.15, -0.1) is 0 Å². The van der Waals surface area contributed by atoms with Gasteiger partial charge in [0.2, 0.25) is 23.3 Å². The van der Waals surface area contributed by atoms with E-state index in [4.69, 9.17) is 28.4 Å². The number of ether oxygens (including phenoxy) is 6. The highest BCUT2D eigenvalue weighted by Gasteiger charge is 2.30. The number of allylic oxidation sites excluding steroid dienone is 4. The second kappa shape index (κ2) is 18.2. The van der Waals surface area contributed by atoms with E-state index in [-0.39, 0.29) is 23.7 Å². The van der Waals surface area contributed by atoms with Crippen LogP contribution in [0.3, 0.4) is 0 Å². The maximum Gasteiger partial charge on any atom is 0.243 e. The van der Waals surface area contributed by atoms with E-state index in [1.807, 2.05) is 43.5 Å². The Balaban J connectivity index is 1.47. The van der Waals surface area contributed by atoms with Gasteiger partial charge in [-0.3, -0.25) is 9.59 Å². The molecule has 2 aromatic rings. The fraction of sp³-hybridized carbons (Fsp3) is 0.371. The minimum absolute atomic E-state index is 0.186. The van der Waals surface area contributed by atoms with E-state index in [0.29, 0.717) is 47.6 Å². The van der Waals surface area contributed by atoms with Crippen LogP contribution in [-0.2, 0) is 9.59 Å². The molecule has 1 heterocycles. The van der Waals surface area contributed by atoms with Crippen LogP contribution in [0.1, 0.15) is 11.1 Å². The lowest BCUT2D eigenvalue weighted by Gasteiger charge is -2.18. The molecular weight excluding hydrogens is 590 g/mol. The lowest BCUT2D eigenvalue weighted by molar-refractivity contribution is -0.117. The highest BCUT2D eigenvalue weighted by molar-refractivity contribution is 5.88. The molecule has 1 saturated heterocycles. The quantitative estimate of drug-likeness (QED) is 0.209. The number of carbonyl (C=O) groups excluding carboxylic acids is 2. The zero-order valence-corrected chi connectivity index (χ0v) is 27.6. The molecule has 11 heteroatoms. The molecule has 1 fully saturated rings. The molecule has 0 radical (unpaired) electrons. The lowest BCUT2D eigenvalue weighted by Crippen LogP contribution is -2.36. The molecule has 1 aliphatic rings. The number of benzene rings is 2. The second-order valence-electron chi connectivity index (χ2n) is 10.6. The molecule has 1 unspecified atom stereocenters. The van der Waals surface area contributed by atoms with Crippen molar-refractivity contribution in [3.63, 3.8) is 0 Å². The Morgan fingerprint density at radius 1 is 0.630 bits per heavy atom. The van der Waals surface area contributed by atoms with Crippen molar-refractivity contribution in [1.29, 1.82) is 0 Å². The highest BCUT2D eigenvalue weighted by Crippen LogP contribution is 2.39. The Bertz CT molecular complexity index is 1290. The summed E-state index contributed by atoms with van der Waals surface area (Å²) >= 11 is 0. The van der Waals surface area contributed by atoms with Crippen molar-refractivity contribution in [1.82, 2.24) is 15.5 Å². The van der Waals surface area contributed by atoms with Crippen molar-refractivity contribution in [2.45, 2.75) is 0 Å². The Morgan fingerprint density at radius 3 is 1.28 bits per heavy atom. The number of hydrogen-bond acceptors (Lipinski definition) is 9. The van der Waals surface area contributed by atoms with Gasteiger partial charge in [-0.2, -0.15) is 0 Å². The number of methoxy groups -OCH3 is 6. The van der Waals surface area contributed by atoms with Gasteiger partial charge in [0.05, 0.1) is 42.7 Å². The first-order valence-corrected chi connectivity index (χ1v) is 14.8. The smallest absolute Gasteiger partial charge is 0.243 e. The molecule has 0 spiro atoms. The summed E-state index contributed by atoms with van der Waals surface area (Å²) in [6.07, 6.45) is 13.6. The van der Waals surface area contributed by atoms with E-state index in [9.17, 15) is 9.59 Å². The van der Waals surface area contributed by atoms with Crippen LogP contribution in [-0.4, -0.2) is 92.6 Å². The van der Waals surface area contributed by atoms with Gasteiger partial charge in [0.15, 0.2) is 23.0 Å². The van der Waals surface area contributed by atoms with Gasteiger partial charge in [-0.05, 0) is 54.3 Å². The first-order chi connectivity index (χ1) is 22.3. The van der Waals surface area contributed by atoms with Crippen LogP contribution in [0.2, 0.25) is 0 Å². The third-order valence-corrected chi connectivity index (χ3v) is 7.50. The summed E-state index contributed by atoms with van der Waals surface area (Å²) < 4.78 is 32.2. The molecule has 46 heavy (non-hydrogen) atoms. The third kappa shape index (κ3) is 10.1. The third-order valence-electron chi connectivity index (χ3n) is 7.50. The monoisotopic (exact) mass is 635 g/mol. The number of hydrogen-bond donors (Lipinski definition) is 2. The lowest BCUT2D eigenvalue weighted by atomic mass is 9.96. The van der Waals surface area contributed by atoms with Crippen molar-refractivity contribution in [2.75, 3.05) is 75.9 Å². The Labute approximate surface area is 271 Å². The molecule has 0 aliphatic carbocycles. The molecule has 2 aromatic carbocycles. The number of carbonyl (C=O) groups is 2. The minimum Gasteiger partial charge on any atom is -0.493 e. The van der Waals surface area contributed by atoms with Gasteiger partial charge in [0.1, 0.15) is 0 Å². The fourth-order valence-electron chi connectivity index (χ4n) is 5.23. The molecule has 0 saturated carbocycles. The molecule has 1 aliphatic heterocycles. The van der Waals surface area contributed by atoms with Crippen molar-refractivity contribution in [3.8, 4) is 34.5 Å². The van der Waals surface area contributed by atoms with Gasteiger partial charge < -0.3 is 44.0 Å². The largest absolute Gasteiger partial charge is 0.493 e. The number of nitrogens with one attached hydrogen (secondary N) is 2. The molecule has 3 rings (SSSR count). The van der Waals surface area contributed by atoms with E-state index in [0.717, 1.165) is 24.2 Å². The second-order valence-corrected chi connectivity index (χ2v) is 10.6. The van der Waals surface area contributed by atoms with Crippen LogP contribution in [0.25, 0.3) is 12.2 Å². The van der Waals surface area contributed by atoms with Gasteiger partial charge in [0.25, 0.3) is 0 Å². The number of rotatable bonds is 16. The van der Waals surface area contributed by atoms with Gasteiger partial charge >= 0.3 is 0 Å². The summed E-state index contributed by atoms with van der Waals surface area (Å²) in [6.45, 7) is 2.69. The predicted molar refractivity (Wildman–Crippen MR) is 179 cm³/mol. The van der Waals surface area contributed by atoms with E-state index in [1.54, 1.807) is 67.0 Å². The first kappa shape index (κ1) is 35.6. The van der Waals surface area contributed by atoms with Crippen LogP contribution < -0.4 is 39.1 Å². The van der Waals surface area contributed by atoms with Gasteiger partial charge in [-0.1, -0.05) is 36.5 Å².